The zero-order chi connectivity index (χ0) is 15.5. The summed E-state index contributed by atoms with van der Waals surface area (Å²) in [7, 11) is 0. The highest BCUT2D eigenvalue weighted by Crippen LogP contribution is 2.27. The average Bonchev–Trinajstić information content (AvgIpc) is 2.34. The van der Waals surface area contributed by atoms with Crippen LogP contribution in [-0.4, -0.2) is 28.0 Å². The van der Waals surface area contributed by atoms with Gasteiger partial charge in [0, 0.05) is 6.20 Å². The summed E-state index contributed by atoms with van der Waals surface area (Å²) in [5, 5.41) is 11.1. The number of aliphatic carboxylic acids is 1. The molecule has 0 aliphatic rings. The van der Waals surface area contributed by atoms with E-state index in [0.717, 1.165) is 12.3 Å². The van der Waals surface area contributed by atoms with Gasteiger partial charge in [-0.1, -0.05) is 13.8 Å². The van der Waals surface area contributed by atoms with Gasteiger partial charge in [-0.05, 0) is 18.1 Å². The number of alkyl halides is 3. The first-order valence-electron chi connectivity index (χ1n) is 5.70. The molecule has 1 aromatic rings. The third-order valence-corrected chi connectivity index (χ3v) is 2.54. The lowest BCUT2D eigenvalue weighted by Crippen LogP contribution is -2.44. The van der Waals surface area contributed by atoms with Crippen molar-refractivity contribution in [2.45, 2.75) is 26.1 Å². The highest BCUT2D eigenvalue weighted by Gasteiger charge is 2.32. The van der Waals surface area contributed by atoms with Crippen molar-refractivity contribution in [2.75, 3.05) is 0 Å². The molecule has 2 N–H and O–H groups in total. The fourth-order valence-electron chi connectivity index (χ4n) is 1.43. The number of pyridine rings is 1. The number of nitrogens with zero attached hydrogens (tertiary/aromatic N) is 1. The van der Waals surface area contributed by atoms with E-state index in [1.165, 1.54) is 0 Å². The molecule has 0 spiro atoms. The first-order valence-corrected chi connectivity index (χ1v) is 5.70. The standard InChI is InChI=1S/C12H13F3N2O3/c1-6(2)9(11(19)20)17-10(18)7-3-4-8(16-5-7)12(13,14)15/h3-6,9H,1-2H3,(H,17,18)(H,19,20)/t9-/m1/s1. The SMILES string of the molecule is CC(C)[C@@H](NC(=O)c1ccc(C(F)(F)F)nc1)C(=O)O. The largest absolute Gasteiger partial charge is 0.480 e. The number of carbonyl (C=O) groups is 2. The topological polar surface area (TPSA) is 79.3 Å². The van der Waals surface area contributed by atoms with Crippen LogP contribution in [0.5, 0.6) is 0 Å². The number of carboxylic acid groups (broad SMARTS) is 1. The van der Waals surface area contributed by atoms with Crippen LogP contribution in [0.4, 0.5) is 13.2 Å². The summed E-state index contributed by atoms with van der Waals surface area (Å²) in [6, 6.07) is 0.495. The van der Waals surface area contributed by atoms with Gasteiger partial charge in [0.1, 0.15) is 11.7 Å². The number of aromatic nitrogens is 1. The second-order valence-corrected chi connectivity index (χ2v) is 4.46. The molecule has 0 aromatic carbocycles. The maximum absolute atomic E-state index is 12.3. The molecular weight excluding hydrogens is 277 g/mol. The van der Waals surface area contributed by atoms with E-state index in [9.17, 15) is 22.8 Å². The quantitative estimate of drug-likeness (QED) is 0.888. The molecule has 1 amide bonds. The van der Waals surface area contributed by atoms with Gasteiger partial charge in [0.2, 0.25) is 0 Å². The van der Waals surface area contributed by atoms with Gasteiger partial charge in [-0.15, -0.1) is 0 Å². The molecule has 0 bridgehead atoms. The van der Waals surface area contributed by atoms with Gasteiger partial charge in [0.05, 0.1) is 5.56 Å². The number of amides is 1. The second kappa shape index (κ2) is 5.89. The molecule has 1 rings (SSSR count). The Hall–Kier alpha value is -2.12. The van der Waals surface area contributed by atoms with Gasteiger partial charge in [0.15, 0.2) is 0 Å². The number of rotatable bonds is 4. The lowest BCUT2D eigenvalue weighted by Gasteiger charge is -2.17. The molecule has 20 heavy (non-hydrogen) atoms. The fraction of sp³-hybridized carbons (Fsp3) is 0.417. The minimum Gasteiger partial charge on any atom is -0.480 e. The van der Waals surface area contributed by atoms with Crippen LogP contribution in [0.15, 0.2) is 18.3 Å². The van der Waals surface area contributed by atoms with Crippen LogP contribution in [0.2, 0.25) is 0 Å². The normalized spacial score (nSPS) is 13.1. The summed E-state index contributed by atoms with van der Waals surface area (Å²) in [6.07, 6.45) is -3.83. The first-order chi connectivity index (χ1) is 9.12. The van der Waals surface area contributed by atoms with E-state index in [-0.39, 0.29) is 11.5 Å². The van der Waals surface area contributed by atoms with Crippen LogP contribution in [0.25, 0.3) is 0 Å². The van der Waals surface area contributed by atoms with Crippen molar-refractivity contribution in [1.29, 1.82) is 0 Å². The molecule has 8 heteroatoms. The second-order valence-electron chi connectivity index (χ2n) is 4.46. The van der Waals surface area contributed by atoms with E-state index in [4.69, 9.17) is 5.11 Å². The van der Waals surface area contributed by atoms with Crippen LogP contribution in [-0.2, 0) is 11.0 Å². The van der Waals surface area contributed by atoms with E-state index in [0.29, 0.717) is 6.07 Å². The summed E-state index contributed by atoms with van der Waals surface area (Å²) in [6.45, 7) is 3.20. The Morgan fingerprint density at radius 1 is 1.30 bits per heavy atom. The third-order valence-electron chi connectivity index (χ3n) is 2.54. The van der Waals surface area contributed by atoms with Gasteiger partial charge in [-0.25, -0.2) is 4.79 Å². The lowest BCUT2D eigenvalue weighted by atomic mass is 10.0. The highest BCUT2D eigenvalue weighted by atomic mass is 19.4. The minimum atomic E-state index is -4.59. The van der Waals surface area contributed by atoms with Crippen molar-refractivity contribution < 1.29 is 27.9 Å². The number of carbonyl (C=O) groups excluding carboxylic acids is 1. The number of nitrogens with one attached hydrogen (secondary N) is 1. The Morgan fingerprint density at radius 3 is 2.25 bits per heavy atom. The molecule has 1 aromatic heterocycles. The Bertz CT molecular complexity index is 498. The van der Waals surface area contributed by atoms with E-state index in [1.54, 1.807) is 13.8 Å². The van der Waals surface area contributed by atoms with Crippen molar-refractivity contribution in [2.24, 2.45) is 5.92 Å². The van der Waals surface area contributed by atoms with Gasteiger partial charge >= 0.3 is 12.1 Å². The summed E-state index contributed by atoms with van der Waals surface area (Å²) in [5.74, 6) is -2.36. The fourth-order valence-corrected chi connectivity index (χ4v) is 1.43. The molecule has 0 radical (unpaired) electrons. The van der Waals surface area contributed by atoms with Crippen molar-refractivity contribution in [3.63, 3.8) is 0 Å². The zero-order valence-electron chi connectivity index (χ0n) is 10.7. The number of hydrogen-bond acceptors (Lipinski definition) is 3. The van der Waals surface area contributed by atoms with Gasteiger partial charge in [0.25, 0.3) is 5.91 Å². The van der Waals surface area contributed by atoms with E-state index in [1.807, 2.05) is 0 Å². The average molecular weight is 290 g/mol. The maximum Gasteiger partial charge on any atom is 0.433 e. The monoisotopic (exact) mass is 290 g/mol. The Kier molecular flexibility index (Phi) is 4.69. The van der Waals surface area contributed by atoms with Gasteiger partial charge in [-0.2, -0.15) is 13.2 Å². The van der Waals surface area contributed by atoms with Gasteiger partial charge < -0.3 is 10.4 Å². The number of hydrogen-bond donors (Lipinski definition) is 2. The van der Waals surface area contributed by atoms with Crippen LogP contribution >= 0.6 is 0 Å². The number of halogens is 3. The Morgan fingerprint density at radius 2 is 1.90 bits per heavy atom. The summed E-state index contributed by atoms with van der Waals surface area (Å²) in [4.78, 5) is 25.8. The van der Waals surface area contributed by atoms with Crippen LogP contribution < -0.4 is 5.32 Å². The summed E-state index contributed by atoms with van der Waals surface area (Å²) >= 11 is 0. The number of carboxylic acids is 1. The molecule has 0 aliphatic heterocycles. The maximum atomic E-state index is 12.3. The first kappa shape index (κ1) is 15.9. The molecule has 0 fully saturated rings. The third kappa shape index (κ3) is 3.94. The predicted octanol–water partition coefficient (Wildman–Crippen LogP) is 1.94. The van der Waals surface area contributed by atoms with Crippen molar-refractivity contribution in [3.05, 3.63) is 29.6 Å². The summed E-state index contributed by atoms with van der Waals surface area (Å²) in [5.41, 5.74) is -1.25. The van der Waals surface area contributed by atoms with E-state index in [2.05, 4.69) is 10.3 Å². The van der Waals surface area contributed by atoms with E-state index < -0.39 is 29.8 Å². The molecule has 0 aliphatic carbocycles. The highest BCUT2D eigenvalue weighted by molar-refractivity contribution is 5.96. The lowest BCUT2D eigenvalue weighted by molar-refractivity contribution is -0.141. The molecular formula is C12H13F3N2O3. The van der Waals surface area contributed by atoms with Crippen molar-refractivity contribution in [1.82, 2.24) is 10.3 Å². The van der Waals surface area contributed by atoms with Crippen LogP contribution in [0.3, 0.4) is 0 Å². The minimum absolute atomic E-state index is 0.134. The van der Waals surface area contributed by atoms with Crippen molar-refractivity contribution >= 4 is 11.9 Å². The van der Waals surface area contributed by atoms with Gasteiger partial charge in [-0.3, -0.25) is 9.78 Å². The Labute approximate surface area is 112 Å². The van der Waals surface area contributed by atoms with Crippen molar-refractivity contribution in [3.8, 4) is 0 Å². The zero-order valence-corrected chi connectivity index (χ0v) is 10.7. The summed E-state index contributed by atoms with van der Waals surface area (Å²) < 4.78 is 36.9. The molecule has 5 nitrogen and oxygen atoms in total. The van der Waals surface area contributed by atoms with Crippen LogP contribution in [0.1, 0.15) is 29.9 Å². The molecule has 0 saturated heterocycles. The molecule has 0 unspecified atom stereocenters. The van der Waals surface area contributed by atoms with Crippen LogP contribution in [0, 0.1) is 5.92 Å². The Balaban J connectivity index is 2.85. The van der Waals surface area contributed by atoms with E-state index >= 15 is 0 Å². The predicted molar refractivity (Wildman–Crippen MR) is 63.0 cm³/mol. The molecule has 110 valence electrons. The molecule has 1 atom stereocenters. The smallest absolute Gasteiger partial charge is 0.433 e. The molecule has 1 heterocycles. The molecule has 0 saturated carbocycles.